The van der Waals surface area contributed by atoms with Crippen LogP contribution in [-0.2, 0) is 10.0 Å². The van der Waals surface area contributed by atoms with Gasteiger partial charge in [-0.25, -0.2) is 8.42 Å². The number of rotatable bonds is 5. The van der Waals surface area contributed by atoms with Crippen molar-refractivity contribution in [3.8, 4) is 5.75 Å². The van der Waals surface area contributed by atoms with Gasteiger partial charge in [0.25, 0.3) is 5.91 Å². The molecule has 1 aromatic carbocycles. The second kappa shape index (κ2) is 7.96. The minimum Gasteiger partial charge on any atom is -0.496 e. The van der Waals surface area contributed by atoms with Crippen LogP contribution in [0.2, 0.25) is 0 Å². The number of primary amides is 1. The summed E-state index contributed by atoms with van der Waals surface area (Å²) in [4.78, 5) is 11.5. The highest BCUT2D eigenvalue weighted by atomic mass is 35.5. The summed E-state index contributed by atoms with van der Waals surface area (Å²) in [5.74, 6) is -0.455. The quantitative estimate of drug-likeness (QED) is 0.797. The van der Waals surface area contributed by atoms with Crippen LogP contribution in [0.4, 0.5) is 0 Å². The van der Waals surface area contributed by atoms with Crippen LogP contribution in [0.25, 0.3) is 0 Å². The maximum atomic E-state index is 12.7. The molecule has 1 amide bonds. The average Bonchev–Trinajstić information content (AvgIpc) is 2.54. The van der Waals surface area contributed by atoms with Crippen LogP contribution in [0.1, 0.15) is 23.2 Å². The molecule has 23 heavy (non-hydrogen) atoms. The number of piperidine rings is 1. The maximum absolute atomic E-state index is 12.7. The van der Waals surface area contributed by atoms with E-state index in [2.05, 4.69) is 5.32 Å². The van der Waals surface area contributed by atoms with E-state index in [1.807, 2.05) is 7.05 Å². The SMILES string of the molecule is CNC1CCN(S(=O)(=O)c2ccc(OC)c(C(N)=O)c2)CC1.Cl. The first kappa shape index (κ1) is 19.7. The van der Waals surface area contributed by atoms with E-state index in [-0.39, 0.29) is 28.6 Å². The molecule has 9 heteroatoms. The Morgan fingerprint density at radius 1 is 1.35 bits per heavy atom. The van der Waals surface area contributed by atoms with E-state index in [1.54, 1.807) is 0 Å². The van der Waals surface area contributed by atoms with Gasteiger partial charge in [-0.2, -0.15) is 4.31 Å². The molecule has 1 aliphatic rings. The summed E-state index contributed by atoms with van der Waals surface area (Å²) in [6.45, 7) is 0.900. The zero-order chi connectivity index (χ0) is 16.3. The Bertz CT molecular complexity index is 658. The zero-order valence-electron chi connectivity index (χ0n) is 13.1. The Kier molecular flexibility index (Phi) is 6.82. The Morgan fingerprint density at radius 3 is 2.43 bits per heavy atom. The topological polar surface area (TPSA) is 102 Å². The summed E-state index contributed by atoms with van der Waals surface area (Å²) in [5, 5.41) is 3.16. The van der Waals surface area contributed by atoms with Crippen molar-refractivity contribution in [2.24, 2.45) is 5.73 Å². The van der Waals surface area contributed by atoms with Crippen LogP contribution in [0.3, 0.4) is 0 Å². The Balaban J connectivity index is 0.00000264. The fourth-order valence-corrected chi connectivity index (χ4v) is 4.07. The molecule has 0 aromatic heterocycles. The third kappa shape index (κ3) is 4.14. The number of hydrogen-bond acceptors (Lipinski definition) is 5. The fraction of sp³-hybridized carbons (Fsp3) is 0.500. The number of nitrogens with one attached hydrogen (secondary N) is 1. The maximum Gasteiger partial charge on any atom is 0.252 e. The summed E-state index contributed by atoms with van der Waals surface area (Å²) < 4.78 is 31.8. The highest BCUT2D eigenvalue weighted by Crippen LogP contribution is 2.26. The van der Waals surface area contributed by atoms with E-state index in [0.29, 0.717) is 19.1 Å². The lowest BCUT2D eigenvalue weighted by Gasteiger charge is -2.31. The molecule has 0 spiro atoms. The largest absolute Gasteiger partial charge is 0.496 e. The van der Waals surface area contributed by atoms with E-state index >= 15 is 0 Å². The number of halogens is 1. The van der Waals surface area contributed by atoms with E-state index in [1.165, 1.54) is 29.6 Å². The normalized spacial score (nSPS) is 16.6. The van der Waals surface area contributed by atoms with Crippen molar-refractivity contribution in [1.29, 1.82) is 0 Å². The first-order valence-electron chi connectivity index (χ1n) is 7.05. The number of sulfonamides is 1. The van der Waals surface area contributed by atoms with Gasteiger partial charge in [-0.1, -0.05) is 0 Å². The number of nitrogens with zero attached hydrogens (tertiary/aromatic N) is 1. The van der Waals surface area contributed by atoms with Gasteiger partial charge in [-0.3, -0.25) is 4.79 Å². The second-order valence-electron chi connectivity index (χ2n) is 5.19. The summed E-state index contributed by atoms with van der Waals surface area (Å²) in [7, 11) is -0.359. The molecule has 3 N–H and O–H groups in total. The smallest absolute Gasteiger partial charge is 0.252 e. The van der Waals surface area contributed by atoms with Gasteiger partial charge in [0.1, 0.15) is 5.75 Å². The predicted molar refractivity (Wildman–Crippen MR) is 89.6 cm³/mol. The zero-order valence-corrected chi connectivity index (χ0v) is 14.7. The monoisotopic (exact) mass is 363 g/mol. The molecule has 2 rings (SSSR count). The summed E-state index contributed by atoms with van der Waals surface area (Å²) in [5.41, 5.74) is 5.34. The predicted octanol–water partition coefficient (Wildman–Crippen LogP) is 0.588. The van der Waals surface area contributed by atoms with Crippen molar-refractivity contribution >= 4 is 28.3 Å². The molecule has 1 fully saturated rings. The van der Waals surface area contributed by atoms with Crippen LogP contribution in [0, 0.1) is 0 Å². The van der Waals surface area contributed by atoms with Crippen molar-refractivity contribution in [3.05, 3.63) is 23.8 Å². The number of ether oxygens (including phenoxy) is 1. The number of nitrogens with two attached hydrogens (primary N) is 1. The number of carbonyl (C=O) groups excluding carboxylic acids is 1. The molecule has 0 radical (unpaired) electrons. The highest BCUT2D eigenvalue weighted by molar-refractivity contribution is 7.89. The molecule has 0 unspecified atom stereocenters. The Labute approximate surface area is 142 Å². The molecular weight excluding hydrogens is 342 g/mol. The highest BCUT2D eigenvalue weighted by Gasteiger charge is 2.29. The molecule has 130 valence electrons. The van der Waals surface area contributed by atoms with Crippen LogP contribution in [0.5, 0.6) is 5.75 Å². The molecule has 1 saturated heterocycles. The number of benzene rings is 1. The Morgan fingerprint density at radius 2 is 1.96 bits per heavy atom. The number of amides is 1. The molecule has 7 nitrogen and oxygen atoms in total. The first-order valence-corrected chi connectivity index (χ1v) is 8.49. The van der Waals surface area contributed by atoms with Crippen molar-refractivity contribution in [3.63, 3.8) is 0 Å². The number of carbonyl (C=O) groups is 1. The lowest BCUT2D eigenvalue weighted by atomic mass is 10.1. The minimum absolute atomic E-state index is 0. The van der Waals surface area contributed by atoms with Gasteiger partial charge in [0.05, 0.1) is 17.6 Å². The first-order chi connectivity index (χ1) is 10.4. The van der Waals surface area contributed by atoms with Crippen molar-refractivity contribution in [1.82, 2.24) is 9.62 Å². The lowest BCUT2D eigenvalue weighted by Crippen LogP contribution is -2.43. The van der Waals surface area contributed by atoms with Crippen molar-refractivity contribution in [2.45, 2.75) is 23.8 Å². The van der Waals surface area contributed by atoms with Crippen molar-refractivity contribution in [2.75, 3.05) is 27.2 Å². The molecule has 1 aromatic rings. The number of methoxy groups -OCH3 is 1. The third-order valence-corrected chi connectivity index (χ3v) is 5.83. The van der Waals surface area contributed by atoms with Crippen LogP contribution < -0.4 is 15.8 Å². The molecule has 0 atom stereocenters. The molecule has 1 aliphatic heterocycles. The summed E-state index contributed by atoms with van der Waals surface area (Å²) in [6.07, 6.45) is 1.52. The molecule has 1 heterocycles. The van der Waals surface area contributed by atoms with Gasteiger partial charge < -0.3 is 15.8 Å². The van der Waals surface area contributed by atoms with Gasteiger partial charge >= 0.3 is 0 Å². The van der Waals surface area contributed by atoms with Gasteiger partial charge in [0.15, 0.2) is 0 Å². The molecular formula is C14H22ClN3O4S. The molecule has 0 aliphatic carbocycles. The second-order valence-corrected chi connectivity index (χ2v) is 7.13. The lowest BCUT2D eigenvalue weighted by molar-refractivity contribution is 0.0997. The molecule has 0 saturated carbocycles. The third-order valence-electron chi connectivity index (χ3n) is 3.94. The minimum atomic E-state index is -3.63. The molecule has 0 bridgehead atoms. The average molecular weight is 364 g/mol. The van der Waals surface area contributed by atoms with E-state index in [0.717, 1.165) is 12.8 Å². The summed E-state index contributed by atoms with van der Waals surface area (Å²) >= 11 is 0. The van der Waals surface area contributed by atoms with E-state index < -0.39 is 15.9 Å². The fourth-order valence-electron chi connectivity index (χ4n) is 2.57. The van der Waals surface area contributed by atoms with Gasteiger partial charge in [-0.15, -0.1) is 12.4 Å². The van der Waals surface area contributed by atoms with E-state index in [9.17, 15) is 13.2 Å². The van der Waals surface area contributed by atoms with E-state index in [4.69, 9.17) is 10.5 Å². The van der Waals surface area contributed by atoms with Gasteiger partial charge in [0.2, 0.25) is 10.0 Å². The van der Waals surface area contributed by atoms with Gasteiger partial charge in [0, 0.05) is 19.1 Å². The van der Waals surface area contributed by atoms with Crippen LogP contribution >= 0.6 is 12.4 Å². The summed E-state index contributed by atoms with van der Waals surface area (Å²) in [6, 6.07) is 4.50. The van der Waals surface area contributed by atoms with Crippen molar-refractivity contribution < 1.29 is 17.9 Å². The van der Waals surface area contributed by atoms with Gasteiger partial charge in [-0.05, 0) is 38.1 Å². The standard InChI is InChI=1S/C14H21N3O4S.ClH/c1-16-10-5-7-17(8-6-10)22(19,20)11-3-4-13(21-2)12(9-11)14(15)18;/h3-4,9-10,16H,5-8H2,1-2H3,(H2,15,18);1H. The Hall–Kier alpha value is -1.35. The van der Waals surface area contributed by atoms with Crippen LogP contribution in [-0.4, -0.2) is 51.9 Å². The van der Waals surface area contributed by atoms with Crippen LogP contribution in [0.15, 0.2) is 23.1 Å². The number of hydrogen-bond donors (Lipinski definition) is 2.